The smallest absolute Gasteiger partial charge is 0.230 e. The third-order valence-corrected chi connectivity index (χ3v) is 5.14. The Bertz CT molecular complexity index is 1040. The van der Waals surface area contributed by atoms with Crippen LogP contribution in [-0.2, 0) is 0 Å². The molecule has 2 aliphatic rings. The molecule has 2 unspecified atom stereocenters. The van der Waals surface area contributed by atoms with Crippen LogP contribution < -0.4 is 4.74 Å². The first-order valence-corrected chi connectivity index (χ1v) is 9.10. The van der Waals surface area contributed by atoms with Crippen molar-refractivity contribution in [3.05, 3.63) is 88.7 Å². The lowest BCUT2D eigenvalue weighted by Gasteiger charge is -2.37. The maximum absolute atomic E-state index is 10.3. The maximum Gasteiger partial charge on any atom is 0.230 e. The highest BCUT2D eigenvalue weighted by atomic mass is 35.5. The number of halogens is 1. The van der Waals surface area contributed by atoms with E-state index in [-0.39, 0.29) is 11.8 Å². The summed E-state index contributed by atoms with van der Waals surface area (Å²) in [6.07, 6.45) is 1.97. The van der Waals surface area contributed by atoms with Crippen LogP contribution in [0.5, 0.6) is 11.5 Å². The third kappa shape index (κ3) is 2.71. The third-order valence-electron chi connectivity index (χ3n) is 4.91. The molecule has 2 atom stereocenters. The number of phenolic OH excluding ortho intramolecular Hbond substituents is 1. The van der Waals surface area contributed by atoms with Crippen LogP contribution >= 0.6 is 11.6 Å². The quantitative estimate of drug-likeness (QED) is 0.704. The number of fused-ring (bicyclic) bond motifs is 3. The maximum atomic E-state index is 10.3. The average molecular weight is 378 g/mol. The highest BCUT2D eigenvalue weighted by Crippen LogP contribution is 2.47. The highest BCUT2D eigenvalue weighted by molar-refractivity contribution is 6.31. The molecule has 5 rings (SSSR count). The molecule has 0 bridgehead atoms. The fourth-order valence-corrected chi connectivity index (χ4v) is 3.83. The molecule has 3 heterocycles. The number of rotatable bonds is 2. The summed E-state index contributed by atoms with van der Waals surface area (Å²) in [7, 11) is 0. The first kappa shape index (κ1) is 16.1. The number of aromatic hydroxyl groups is 1. The zero-order valence-corrected chi connectivity index (χ0v) is 15.0. The molecule has 1 N–H and O–H groups in total. The molecule has 6 heteroatoms. The topological polar surface area (TPSA) is 58.0 Å². The summed E-state index contributed by atoms with van der Waals surface area (Å²) in [5.41, 5.74) is 3.29. The van der Waals surface area contributed by atoms with Crippen LogP contribution in [0.4, 0.5) is 0 Å². The molecule has 0 saturated carbocycles. The van der Waals surface area contributed by atoms with E-state index in [1.54, 1.807) is 24.4 Å². The van der Waals surface area contributed by atoms with Crippen molar-refractivity contribution >= 4 is 17.3 Å². The molecule has 27 heavy (non-hydrogen) atoms. The van der Waals surface area contributed by atoms with Gasteiger partial charge in [-0.15, -0.1) is 0 Å². The van der Waals surface area contributed by atoms with E-state index in [2.05, 4.69) is 11.1 Å². The van der Waals surface area contributed by atoms with Gasteiger partial charge in [0.1, 0.15) is 17.2 Å². The number of pyridine rings is 1. The number of phenols is 1. The van der Waals surface area contributed by atoms with Gasteiger partial charge in [0.05, 0.1) is 11.8 Å². The summed E-state index contributed by atoms with van der Waals surface area (Å²) in [5, 5.41) is 17.6. The predicted octanol–water partition coefficient (Wildman–Crippen LogP) is 4.68. The second-order valence-corrected chi connectivity index (χ2v) is 7.01. The van der Waals surface area contributed by atoms with Gasteiger partial charge in [-0.25, -0.2) is 5.01 Å². The number of hydrogen-bond acceptors (Lipinski definition) is 5. The Morgan fingerprint density at radius 1 is 1.07 bits per heavy atom. The van der Waals surface area contributed by atoms with E-state index in [4.69, 9.17) is 21.4 Å². The van der Waals surface area contributed by atoms with Crippen molar-refractivity contribution < 1.29 is 9.84 Å². The van der Waals surface area contributed by atoms with Gasteiger partial charge in [-0.3, -0.25) is 4.98 Å². The minimum Gasteiger partial charge on any atom is -0.507 e. The van der Waals surface area contributed by atoms with Gasteiger partial charge in [0.15, 0.2) is 0 Å². The lowest BCUT2D eigenvalue weighted by atomic mass is 9.96. The number of hydrazone groups is 1. The molecular weight excluding hydrogens is 362 g/mol. The zero-order valence-electron chi connectivity index (χ0n) is 14.3. The molecule has 0 aliphatic carbocycles. The van der Waals surface area contributed by atoms with E-state index < -0.39 is 6.23 Å². The number of nitrogens with zero attached hydrogens (tertiary/aromatic N) is 3. The molecule has 0 fully saturated rings. The monoisotopic (exact) mass is 377 g/mol. The Morgan fingerprint density at radius 3 is 2.78 bits per heavy atom. The summed E-state index contributed by atoms with van der Waals surface area (Å²) >= 11 is 6.14. The van der Waals surface area contributed by atoms with E-state index in [9.17, 15) is 5.11 Å². The standard InChI is InChI=1S/C21H16ClN3O2/c22-13-8-9-19(26)15(11-13)17-12-18-14-5-1-2-7-20(14)27-21(25(18)24-17)16-6-3-4-10-23-16/h1-11,18,21,26H,12H2. The SMILES string of the molecule is Oc1ccc(Cl)cc1C1=NN2C(C1)c1ccccc1OC2c1ccccn1. The molecule has 134 valence electrons. The Balaban J connectivity index is 1.62. The second-order valence-electron chi connectivity index (χ2n) is 6.57. The fourth-order valence-electron chi connectivity index (χ4n) is 3.65. The van der Waals surface area contributed by atoms with Crippen LogP contribution in [0.1, 0.15) is 35.5 Å². The van der Waals surface area contributed by atoms with Gasteiger partial charge in [0.25, 0.3) is 0 Å². The summed E-state index contributed by atoms with van der Waals surface area (Å²) in [6.45, 7) is 0. The predicted molar refractivity (Wildman–Crippen MR) is 103 cm³/mol. The molecule has 0 spiro atoms. The first-order valence-electron chi connectivity index (χ1n) is 8.72. The molecule has 3 aromatic rings. The van der Waals surface area contributed by atoms with Crippen molar-refractivity contribution in [3.8, 4) is 11.5 Å². The number of aromatic nitrogens is 1. The molecule has 2 aromatic carbocycles. The zero-order chi connectivity index (χ0) is 18.4. The van der Waals surface area contributed by atoms with E-state index in [1.807, 2.05) is 41.4 Å². The molecular formula is C21H16ClN3O2. The van der Waals surface area contributed by atoms with E-state index in [1.165, 1.54) is 0 Å². The van der Waals surface area contributed by atoms with Gasteiger partial charge >= 0.3 is 0 Å². The second kappa shape index (κ2) is 6.28. The van der Waals surface area contributed by atoms with Crippen molar-refractivity contribution in [2.24, 2.45) is 5.10 Å². The largest absolute Gasteiger partial charge is 0.507 e. The van der Waals surface area contributed by atoms with Crippen LogP contribution in [0.25, 0.3) is 0 Å². The van der Waals surface area contributed by atoms with Crippen molar-refractivity contribution in [3.63, 3.8) is 0 Å². The fraction of sp³-hybridized carbons (Fsp3) is 0.143. The Hall–Kier alpha value is -3.05. The van der Waals surface area contributed by atoms with Gasteiger partial charge in [-0.1, -0.05) is 35.9 Å². The highest BCUT2D eigenvalue weighted by Gasteiger charge is 2.41. The summed E-state index contributed by atoms with van der Waals surface area (Å²) in [6, 6.07) is 18.7. The van der Waals surface area contributed by atoms with E-state index in [0.29, 0.717) is 17.0 Å². The molecule has 0 saturated heterocycles. The van der Waals surface area contributed by atoms with E-state index in [0.717, 1.165) is 22.7 Å². The minimum absolute atomic E-state index is 0.00957. The lowest BCUT2D eigenvalue weighted by Crippen LogP contribution is -2.34. The summed E-state index contributed by atoms with van der Waals surface area (Å²) in [5.74, 6) is 1.00. The van der Waals surface area contributed by atoms with Gasteiger partial charge < -0.3 is 9.84 Å². The first-order chi connectivity index (χ1) is 13.2. The molecule has 5 nitrogen and oxygen atoms in total. The Labute approximate surface area is 161 Å². The number of ether oxygens (including phenoxy) is 1. The Kier molecular flexibility index (Phi) is 3.76. The summed E-state index contributed by atoms with van der Waals surface area (Å²) < 4.78 is 6.24. The van der Waals surface area contributed by atoms with Crippen LogP contribution in [0.2, 0.25) is 5.02 Å². The van der Waals surface area contributed by atoms with Crippen molar-refractivity contribution in [1.82, 2.24) is 9.99 Å². The van der Waals surface area contributed by atoms with Gasteiger partial charge in [-0.2, -0.15) is 5.10 Å². The minimum atomic E-state index is -0.426. The molecule has 2 aliphatic heterocycles. The Morgan fingerprint density at radius 2 is 1.93 bits per heavy atom. The van der Waals surface area contributed by atoms with Crippen molar-refractivity contribution in [2.75, 3.05) is 0 Å². The molecule has 0 radical (unpaired) electrons. The number of hydrogen-bond donors (Lipinski definition) is 1. The van der Waals surface area contributed by atoms with Crippen molar-refractivity contribution in [1.29, 1.82) is 0 Å². The number of benzene rings is 2. The summed E-state index contributed by atoms with van der Waals surface area (Å²) in [4.78, 5) is 4.46. The number of para-hydroxylation sites is 1. The normalized spacial score (nSPS) is 20.5. The average Bonchev–Trinajstić information content (AvgIpc) is 3.15. The van der Waals surface area contributed by atoms with Crippen molar-refractivity contribution in [2.45, 2.75) is 18.7 Å². The van der Waals surface area contributed by atoms with Crippen LogP contribution in [-0.4, -0.2) is 20.8 Å². The van der Waals surface area contributed by atoms with E-state index >= 15 is 0 Å². The van der Waals surface area contributed by atoms with Gasteiger partial charge in [0, 0.05) is 28.8 Å². The lowest BCUT2D eigenvalue weighted by molar-refractivity contribution is -0.0218. The molecule has 1 aromatic heterocycles. The molecule has 0 amide bonds. The van der Waals surface area contributed by atoms with Gasteiger partial charge in [-0.05, 0) is 36.4 Å². The van der Waals surface area contributed by atoms with Crippen LogP contribution in [0.3, 0.4) is 0 Å². The van der Waals surface area contributed by atoms with Gasteiger partial charge in [0.2, 0.25) is 6.23 Å². The van der Waals surface area contributed by atoms with Crippen LogP contribution in [0, 0.1) is 0 Å². The van der Waals surface area contributed by atoms with Crippen LogP contribution in [0.15, 0.2) is 72.0 Å².